The molecule has 1 aromatic heterocycles. The summed E-state index contributed by atoms with van der Waals surface area (Å²) in [6, 6.07) is 5.79. The van der Waals surface area contributed by atoms with Crippen LogP contribution in [0.3, 0.4) is 0 Å². The highest BCUT2D eigenvalue weighted by molar-refractivity contribution is 6.31. The van der Waals surface area contributed by atoms with Gasteiger partial charge in [-0.25, -0.2) is 14.4 Å². The van der Waals surface area contributed by atoms with Crippen LogP contribution in [0.1, 0.15) is 37.0 Å². The highest BCUT2D eigenvalue weighted by atomic mass is 35.5. The van der Waals surface area contributed by atoms with Crippen LogP contribution < -0.4 is 10.6 Å². The fourth-order valence-electron chi connectivity index (χ4n) is 1.85. The lowest BCUT2D eigenvalue weighted by Crippen LogP contribution is -2.41. The van der Waals surface area contributed by atoms with Crippen LogP contribution in [0.5, 0.6) is 0 Å². The van der Waals surface area contributed by atoms with Crippen molar-refractivity contribution in [2.45, 2.75) is 33.2 Å². The van der Waals surface area contributed by atoms with E-state index in [-0.39, 0.29) is 28.1 Å². The summed E-state index contributed by atoms with van der Waals surface area (Å²) >= 11 is 5.75. The van der Waals surface area contributed by atoms with E-state index in [1.165, 1.54) is 18.2 Å². The van der Waals surface area contributed by atoms with Crippen molar-refractivity contribution < 1.29 is 9.18 Å². The van der Waals surface area contributed by atoms with Gasteiger partial charge in [0.2, 0.25) is 5.95 Å². The minimum absolute atomic E-state index is 0.00616. The second-order valence-corrected chi connectivity index (χ2v) is 6.58. The molecule has 0 saturated carbocycles. The van der Waals surface area contributed by atoms with Crippen LogP contribution in [0.15, 0.2) is 24.3 Å². The first-order valence-corrected chi connectivity index (χ1v) is 7.42. The summed E-state index contributed by atoms with van der Waals surface area (Å²) in [5.41, 5.74) is 1.05. The smallest absolute Gasteiger partial charge is 0.270 e. The van der Waals surface area contributed by atoms with Gasteiger partial charge in [-0.1, -0.05) is 11.6 Å². The van der Waals surface area contributed by atoms with Crippen LogP contribution in [-0.4, -0.2) is 21.4 Å². The molecule has 0 unspecified atom stereocenters. The normalized spacial score (nSPS) is 11.2. The van der Waals surface area contributed by atoms with E-state index in [0.717, 1.165) is 0 Å². The Hall–Kier alpha value is -2.21. The predicted octanol–water partition coefficient (Wildman–Crippen LogP) is 3.85. The second-order valence-electron chi connectivity index (χ2n) is 6.18. The lowest BCUT2D eigenvalue weighted by Gasteiger charge is -2.20. The third-order valence-electron chi connectivity index (χ3n) is 2.75. The first kappa shape index (κ1) is 17.1. The largest absolute Gasteiger partial charge is 0.346 e. The SMILES string of the molecule is Cc1cc(C(=O)NC(C)(C)C)nc(Nc2ccc(F)c(Cl)c2)n1. The van der Waals surface area contributed by atoms with Gasteiger partial charge in [-0.15, -0.1) is 0 Å². The van der Waals surface area contributed by atoms with Crippen molar-refractivity contribution in [2.75, 3.05) is 5.32 Å². The zero-order chi connectivity index (χ0) is 17.2. The van der Waals surface area contributed by atoms with E-state index in [9.17, 15) is 9.18 Å². The average Bonchev–Trinajstić information content (AvgIpc) is 2.40. The highest BCUT2D eigenvalue weighted by Crippen LogP contribution is 2.21. The van der Waals surface area contributed by atoms with Crippen LogP contribution in [0.2, 0.25) is 5.02 Å². The Balaban J connectivity index is 2.26. The number of aromatic nitrogens is 2. The lowest BCUT2D eigenvalue weighted by molar-refractivity contribution is 0.0914. The number of nitrogens with one attached hydrogen (secondary N) is 2. The van der Waals surface area contributed by atoms with Gasteiger partial charge in [-0.05, 0) is 52.0 Å². The summed E-state index contributed by atoms with van der Waals surface area (Å²) in [5, 5.41) is 5.75. The Morgan fingerprint density at radius 3 is 2.52 bits per heavy atom. The van der Waals surface area contributed by atoms with Gasteiger partial charge < -0.3 is 10.6 Å². The minimum Gasteiger partial charge on any atom is -0.346 e. The molecule has 0 bridgehead atoms. The van der Waals surface area contributed by atoms with Crippen molar-refractivity contribution >= 4 is 29.1 Å². The summed E-state index contributed by atoms with van der Waals surface area (Å²) in [6.45, 7) is 7.42. The Labute approximate surface area is 139 Å². The Morgan fingerprint density at radius 1 is 1.22 bits per heavy atom. The number of halogens is 2. The molecule has 0 spiro atoms. The van der Waals surface area contributed by atoms with Gasteiger partial charge in [0.25, 0.3) is 5.91 Å². The van der Waals surface area contributed by atoms with Crippen molar-refractivity contribution in [3.05, 3.63) is 46.5 Å². The maximum absolute atomic E-state index is 13.2. The Bertz CT molecular complexity index is 743. The van der Waals surface area contributed by atoms with E-state index < -0.39 is 5.82 Å². The monoisotopic (exact) mass is 336 g/mol. The molecule has 1 amide bonds. The van der Waals surface area contributed by atoms with Gasteiger partial charge in [-0.2, -0.15) is 0 Å². The first-order chi connectivity index (χ1) is 10.6. The average molecular weight is 337 g/mol. The molecule has 7 heteroatoms. The number of hydrogen-bond donors (Lipinski definition) is 2. The number of carbonyl (C=O) groups excluding carboxylic acids is 1. The van der Waals surface area contributed by atoms with Crippen LogP contribution in [-0.2, 0) is 0 Å². The number of rotatable bonds is 3. The first-order valence-electron chi connectivity index (χ1n) is 7.04. The van der Waals surface area contributed by atoms with Gasteiger partial charge in [0.05, 0.1) is 5.02 Å². The summed E-state index contributed by atoms with van der Waals surface area (Å²) in [7, 11) is 0. The van der Waals surface area contributed by atoms with Crippen LogP contribution in [0.25, 0.3) is 0 Å². The summed E-state index contributed by atoms with van der Waals surface area (Å²) in [4.78, 5) is 20.6. The third kappa shape index (κ3) is 4.89. The van der Waals surface area contributed by atoms with Crippen molar-refractivity contribution in [1.29, 1.82) is 0 Å². The molecule has 0 atom stereocenters. The fourth-order valence-corrected chi connectivity index (χ4v) is 2.03. The zero-order valence-electron chi connectivity index (χ0n) is 13.4. The number of anilines is 2. The van der Waals surface area contributed by atoms with Crippen LogP contribution in [0, 0.1) is 12.7 Å². The molecule has 0 saturated heterocycles. The number of carbonyl (C=O) groups is 1. The molecule has 1 heterocycles. The van der Waals surface area contributed by atoms with Gasteiger partial charge in [0, 0.05) is 16.9 Å². The maximum Gasteiger partial charge on any atom is 0.270 e. The van der Waals surface area contributed by atoms with Crippen LogP contribution >= 0.6 is 11.6 Å². The number of nitrogens with zero attached hydrogens (tertiary/aromatic N) is 2. The quantitative estimate of drug-likeness (QED) is 0.893. The molecular formula is C16H18ClFN4O. The van der Waals surface area contributed by atoms with E-state index >= 15 is 0 Å². The van der Waals surface area contributed by atoms with Gasteiger partial charge in [-0.3, -0.25) is 4.79 Å². The molecule has 1 aromatic carbocycles. The van der Waals surface area contributed by atoms with E-state index in [2.05, 4.69) is 20.6 Å². The number of amides is 1. The van der Waals surface area contributed by atoms with E-state index in [1.54, 1.807) is 13.0 Å². The molecule has 5 nitrogen and oxygen atoms in total. The molecule has 23 heavy (non-hydrogen) atoms. The molecule has 0 aliphatic heterocycles. The maximum atomic E-state index is 13.2. The molecule has 0 aliphatic rings. The molecule has 2 N–H and O–H groups in total. The van der Waals surface area contributed by atoms with Crippen molar-refractivity contribution in [2.24, 2.45) is 0 Å². The topological polar surface area (TPSA) is 66.9 Å². The second kappa shape index (κ2) is 6.50. The molecule has 0 radical (unpaired) electrons. The summed E-state index contributed by atoms with van der Waals surface area (Å²) in [5.74, 6) is -0.553. The summed E-state index contributed by atoms with van der Waals surface area (Å²) in [6.07, 6.45) is 0. The minimum atomic E-state index is -0.507. The number of aryl methyl sites for hydroxylation is 1. The van der Waals surface area contributed by atoms with E-state index in [0.29, 0.717) is 11.4 Å². The number of hydrogen-bond acceptors (Lipinski definition) is 4. The third-order valence-corrected chi connectivity index (χ3v) is 3.04. The van der Waals surface area contributed by atoms with Crippen LogP contribution in [0.4, 0.5) is 16.0 Å². The van der Waals surface area contributed by atoms with Gasteiger partial charge in [0.1, 0.15) is 11.5 Å². The highest BCUT2D eigenvalue weighted by Gasteiger charge is 2.17. The molecule has 0 aliphatic carbocycles. The van der Waals surface area contributed by atoms with Crippen molar-refractivity contribution in [3.63, 3.8) is 0 Å². The summed E-state index contributed by atoms with van der Waals surface area (Å²) < 4.78 is 13.2. The van der Waals surface area contributed by atoms with E-state index in [4.69, 9.17) is 11.6 Å². The van der Waals surface area contributed by atoms with Crippen molar-refractivity contribution in [1.82, 2.24) is 15.3 Å². The Morgan fingerprint density at radius 2 is 1.91 bits per heavy atom. The number of benzene rings is 1. The van der Waals surface area contributed by atoms with Gasteiger partial charge >= 0.3 is 0 Å². The molecule has 122 valence electrons. The van der Waals surface area contributed by atoms with E-state index in [1.807, 2.05) is 20.8 Å². The lowest BCUT2D eigenvalue weighted by atomic mass is 10.1. The predicted molar refractivity (Wildman–Crippen MR) is 88.7 cm³/mol. The van der Waals surface area contributed by atoms with Crippen molar-refractivity contribution in [3.8, 4) is 0 Å². The Kier molecular flexibility index (Phi) is 4.85. The van der Waals surface area contributed by atoms with Gasteiger partial charge in [0.15, 0.2) is 0 Å². The molecule has 2 rings (SSSR count). The molecule has 0 fully saturated rings. The standard InChI is InChI=1S/C16H18ClFN4O/c1-9-7-13(14(23)22-16(2,3)4)21-15(19-9)20-10-5-6-12(18)11(17)8-10/h5-8H,1-4H3,(H,22,23)(H,19,20,21). The fraction of sp³-hybridized carbons (Fsp3) is 0.312. The zero-order valence-corrected chi connectivity index (χ0v) is 14.1. The molecular weight excluding hydrogens is 319 g/mol. The molecule has 2 aromatic rings.